The highest BCUT2D eigenvalue weighted by Crippen LogP contribution is 2.09. The van der Waals surface area contributed by atoms with Crippen molar-refractivity contribution in [3.05, 3.63) is 35.9 Å². The molecule has 0 spiro atoms. The summed E-state index contributed by atoms with van der Waals surface area (Å²) in [6, 6.07) is 8.41. The van der Waals surface area contributed by atoms with Gasteiger partial charge in [0.05, 0.1) is 5.56 Å². The lowest BCUT2D eigenvalue weighted by atomic mass is 10.2. The van der Waals surface area contributed by atoms with Gasteiger partial charge in [-0.15, -0.1) is 0 Å². The molecule has 1 aromatic rings. The molecule has 6 heteroatoms. The molecule has 0 aliphatic heterocycles. The maximum Gasteiger partial charge on any atom is 0.338 e. The summed E-state index contributed by atoms with van der Waals surface area (Å²) < 4.78 is 15.3. The lowest BCUT2D eigenvalue weighted by Crippen LogP contribution is -2.43. The Kier molecular flexibility index (Phi) is 7.92. The van der Waals surface area contributed by atoms with Crippen molar-refractivity contribution >= 4 is 5.97 Å². The van der Waals surface area contributed by atoms with Crippen LogP contribution < -0.4 is 0 Å². The summed E-state index contributed by atoms with van der Waals surface area (Å²) in [5.74, 6) is -0.564. The molecule has 6 nitrogen and oxygen atoms in total. The largest absolute Gasteiger partial charge is 0.459 e. The summed E-state index contributed by atoms with van der Waals surface area (Å²) in [7, 11) is 0. The van der Waals surface area contributed by atoms with Crippen molar-refractivity contribution in [1.29, 1.82) is 0 Å². The third kappa shape index (κ3) is 5.81. The van der Waals surface area contributed by atoms with Crippen LogP contribution in [0, 0.1) is 0 Å². The van der Waals surface area contributed by atoms with E-state index >= 15 is 0 Å². The Balaban J connectivity index is 2.48. The molecule has 0 heterocycles. The quantitative estimate of drug-likeness (QED) is 0.522. The molecule has 0 saturated carbocycles. The van der Waals surface area contributed by atoms with E-state index in [9.17, 15) is 15.0 Å². The van der Waals surface area contributed by atoms with Gasteiger partial charge in [-0.25, -0.2) is 4.79 Å². The molecule has 118 valence electrons. The summed E-state index contributed by atoms with van der Waals surface area (Å²) in [5.41, 5.74) is 0.380. The fourth-order valence-electron chi connectivity index (χ4n) is 1.67. The monoisotopic (exact) mass is 298 g/mol. The maximum atomic E-state index is 11.7. The SMILES string of the molecule is CCOC(OCC)[C@@H](O)[C@H](O)COC(=O)c1ccccc1. The van der Waals surface area contributed by atoms with E-state index in [2.05, 4.69) is 0 Å². The molecule has 1 aromatic carbocycles. The second-order valence-electron chi connectivity index (χ2n) is 4.30. The molecule has 0 amide bonds. The van der Waals surface area contributed by atoms with Crippen molar-refractivity contribution in [3.63, 3.8) is 0 Å². The van der Waals surface area contributed by atoms with Crippen molar-refractivity contribution in [2.75, 3.05) is 19.8 Å². The molecule has 2 atom stereocenters. The van der Waals surface area contributed by atoms with Crippen molar-refractivity contribution in [1.82, 2.24) is 0 Å². The van der Waals surface area contributed by atoms with Crippen LogP contribution in [0.2, 0.25) is 0 Å². The summed E-state index contributed by atoms with van der Waals surface area (Å²) in [4.78, 5) is 11.7. The predicted octanol–water partition coefficient (Wildman–Crippen LogP) is 0.964. The second kappa shape index (κ2) is 9.46. The van der Waals surface area contributed by atoms with Gasteiger partial charge in [-0.2, -0.15) is 0 Å². The van der Waals surface area contributed by atoms with E-state index in [-0.39, 0.29) is 6.61 Å². The Morgan fingerprint density at radius 1 is 1.10 bits per heavy atom. The number of ether oxygens (including phenoxy) is 3. The van der Waals surface area contributed by atoms with Gasteiger partial charge in [-0.3, -0.25) is 0 Å². The van der Waals surface area contributed by atoms with E-state index in [1.165, 1.54) is 0 Å². The molecule has 0 radical (unpaired) electrons. The minimum atomic E-state index is -1.30. The third-order valence-electron chi connectivity index (χ3n) is 2.73. The van der Waals surface area contributed by atoms with Gasteiger partial charge in [0, 0.05) is 13.2 Å². The van der Waals surface area contributed by atoms with E-state index in [1.54, 1.807) is 44.2 Å². The number of hydrogen-bond donors (Lipinski definition) is 2. The van der Waals surface area contributed by atoms with Crippen LogP contribution in [0.15, 0.2) is 30.3 Å². The summed E-state index contributed by atoms with van der Waals surface area (Å²) in [6.07, 6.45) is -3.54. The van der Waals surface area contributed by atoms with Gasteiger partial charge in [0.1, 0.15) is 18.8 Å². The number of carbonyl (C=O) groups excluding carboxylic acids is 1. The molecule has 2 N–H and O–H groups in total. The predicted molar refractivity (Wildman–Crippen MR) is 75.8 cm³/mol. The highest BCUT2D eigenvalue weighted by atomic mass is 16.7. The molecule has 0 fully saturated rings. The van der Waals surface area contributed by atoms with Gasteiger partial charge < -0.3 is 24.4 Å². The van der Waals surface area contributed by atoms with Gasteiger partial charge in [0.15, 0.2) is 6.29 Å². The molecule has 0 aromatic heterocycles. The first-order valence-corrected chi connectivity index (χ1v) is 6.91. The second-order valence-corrected chi connectivity index (χ2v) is 4.30. The van der Waals surface area contributed by atoms with Crippen molar-refractivity contribution in [2.24, 2.45) is 0 Å². The molecule has 21 heavy (non-hydrogen) atoms. The molecule has 0 bridgehead atoms. The van der Waals surface area contributed by atoms with Gasteiger partial charge in [-0.05, 0) is 26.0 Å². The normalized spacial score (nSPS) is 14.0. The first kappa shape index (κ1) is 17.6. The Labute approximate surface area is 124 Å². The molecule has 0 aliphatic rings. The number of aliphatic hydroxyl groups excluding tert-OH is 2. The van der Waals surface area contributed by atoms with Crippen LogP contribution in [0.25, 0.3) is 0 Å². The Bertz CT molecular complexity index is 402. The Hall–Kier alpha value is -1.47. The first-order valence-electron chi connectivity index (χ1n) is 6.91. The lowest BCUT2D eigenvalue weighted by Gasteiger charge is -2.26. The average molecular weight is 298 g/mol. The molecule has 1 rings (SSSR count). The topological polar surface area (TPSA) is 85.2 Å². The molecule has 0 saturated heterocycles. The van der Waals surface area contributed by atoms with Crippen molar-refractivity contribution in [3.8, 4) is 0 Å². The van der Waals surface area contributed by atoms with E-state index in [4.69, 9.17) is 14.2 Å². The fraction of sp³-hybridized carbons (Fsp3) is 0.533. The zero-order valence-electron chi connectivity index (χ0n) is 12.3. The molecule has 0 unspecified atom stereocenters. The number of hydrogen-bond acceptors (Lipinski definition) is 6. The average Bonchev–Trinajstić information content (AvgIpc) is 2.52. The summed E-state index contributed by atoms with van der Waals surface area (Å²) in [6.45, 7) is 3.82. The highest BCUT2D eigenvalue weighted by Gasteiger charge is 2.28. The van der Waals surface area contributed by atoms with Crippen LogP contribution in [0.4, 0.5) is 0 Å². The number of esters is 1. The van der Waals surface area contributed by atoms with E-state index in [1.807, 2.05) is 0 Å². The van der Waals surface area contributed by atoms with Crippen molar-refractivity contribution in [2.45, 2.75) is 32.3 Å². The Morgan fingerprint density at radius 3 is 2.19 bits per heavy atom. The first-order chi connectivity index (χ1) is 10.1. The third-order valence-corrected chi connectivity index (χ3v) is 2.73. The molecule has 0 aliphatic carbocycles. The molecular weight excluding hydrogens is 276 g/mol. The molecular formula is C15H22O6. The smallest absolute Gasteiger partial charge is 0.338 e. The van der Waals surface area contributed by atoms with Crippen LogP contribution in [0.3, 0.4) is 0 Å². The van der Waals surface area contributed by atoms with Crippen LogP contribution >= 0.6 is 0 Å². The van der Waals surface area contributed by atoms with Crippen molar-refractivity contribution < 1.29 is 29.2 Å². The number of benzene rings is 1. The lowest BCUT2D eigenvalue weighted by molar-refractivity contribution is -0.214. The summed E-state index contributed by atoms with van der Waals surface area (Å²) >= 11 is 0. The zero-order chi connectivity index (χ0) is 15.7. The van der Waals surface area contributed by atoms with E-state index in [0.29, 0.717) is 18.8 Å². The van der Waals surface area contributed by atoms with Crippen LogP contribution in [0.1, 0.15) is 24.2 Å². The number of rotatable bonds is 9. The fourth-order valence-corrected chi connectivity index (χ4v) is 1.67. The minimum Gasteiger partial charge on any atom is -0.459 e. The minimum absolute atomic E-state index is 0.332. The van der Waals surface area contributed by atoms with Gasteiger partial charge >= 0.3 is 5.97 Å². The van der Waals surface area contributed by atoms with Gasteiger partial charge in [0.25, 0.3) is 0 Å². The van der Waals surface area contributed by atoms with E-state index < -0.39 is 24.5 Å². The zero-order valence-corrected chi connectivity index (χ0v) is 12.3. The van der Waals surface area contributed by atoms with E-state index in [0.717, 1.165) is 0 Å². The van der Waals surface area contributed by atoms with Crippen LogP contribution in [0.5, 0.6) is 0 Å². The number of carbonyl (C=O) groups is 1. The maximum absolute atomic E-state index is 11.7. The van der Waals surface area contributed by atoms with Crippen LogP contribution in [-0.4, -0.2) is 54.5 Å². The number of aliphatic hydroxyl groups is 2. The standard InChI is InChI=1S/C15H22O6/c1-3-19-15(20-4-2)13(17)12(16)10-21-14(18)11-8-6-5-7-9-11/h5-9,12-13,15-17H,3-4,10H2,1-2H3/t12-,13+/m1/s1. The Morgan fingerprint density at radius 2 is 1.67 bits per heavy atom. The summed E-state index contributed by atoms with van der Waals surface area (Å²) in [5, 5.41) is 19.8. The van der Waals surface area contributed by atoms with Gasteiger partial charge in [0.2, 0.25) is 0 Å². The van der Waals surface area contributed by atoms with Crippen LogP contribution in [-0.2, 0) is 14.2 Å². The van der Waals surface area contributed by atoms with Gasteiger partial charge in [-0.1, -0.05) is 18.2 Å². The highest BCUT2D eigenvalue weighted by molar-refractivity contribution is 5.89.